The number of ether oxygens (including phenoxy) is 1. The summed E-state index contributed by atoms with van der Waals surface area (Å²) in [6, 6.07) is 8.41. The first-order valence-electron chi connectivity index (χ1n) is 5.86. The summed E-state index contributed by atoms with van der Waals surface area (Å²) in [5.41, 5.74) is -3.34. The number of carbonyl (C=O) groups is 1. The zero-order valence-electron chi connectivity index (χ0n) is 11.0. The van der Waals surface area contributed by atoms with Crippen molar-refractivity contribution in [3.63, 3.8) is 0 Å². The molecule has 1 aromatic carbocycles. The fraction of sp³-hybridized carbons (Fsp3) is 0.267. The summed E-state index contributed by atoms with van der Waals surface area (Å²) in [5, 5.41) is 9.40. The molecule has 1 aromatic rings. The van der Waals surface area contributed by atoms with E-state index in [4.69, 9.17) is 0 Å². The number of alkyl halides is 3. The Morgan fingerprint density at radius 2 is 1.86 bits per heavy atom. The molecule has 0 amide bonds. The van der Waals surface area contributed by atoms with Crippen molar-refractivity contribution in [2.45, 2.75) is 18.7 Å². The van der Waals surface area contributed by atoms with Gasteiger partial charge in [-0.2, -0.15) is 13.2 Å². The minimum Gasteiger partial charge on any atom is -0.463 e. The van der Waals surface area contributed by atoms with Gasteiger partial charge in [-0.25, -0.2) is 4.79 Å². The van der Waals surface area contributed by atoms with Crippen LogP contribution in [0.15, 0.2) is 30.3 Å². The number of hydrogen-bond donors (Lipinski definition) is 1. The molecule has 0 heterocycles. The number of rotatable bonds is 2. The molecule has 6 heteroatoms. The molecule has 0 aliphatic heterocycles. The topological polar surface area (TPSA) is 46.5 Å². The normalized spacial score (nSPS) is 13.0. The average Bonchev–Trinajstić information content (AvgIpc) is 2.43. The summed E-state index contributed by atoms with van der Waals surface area (Å²) in [6.07, 6.45) is -5.28. The van der Waals surface area contributed by atoms with Crippen LogP contribution in [0, 0.1) is 23.7 Å². The molecule has 1 atom stereocenters. The summed E-state index contributed by atoms with van der Waals surface area (Å²) < 4.78 is 42.4. The van der Waals surface area contributed by atoms with E-state index in [9.17, 15) is 23.1 Å². The van der Waals surface area contributed by atoms with Crippen molar-refractivity contribution >= 4 is 5.97 Å². The largest absolute Gasteiger partial charge is 0.463 e. The van der Waals surface area contributed by atoms with Crippen molar-refractivity contribution in [3.05, 3.63) is 35.9 Å². The standard InChI is InChI=1S/C15H11F3O3/c1-2-21-13(19)14(20,15(16,17)18)11-7-6-10-12-8-4-3-5-9-12/h3-5,8-9,20H,2H2,1H3/t14-/m1/s1. The molecule has 0 unspecified atom stereocenters. The second-order valence-corrected chi connectivity index (χ2v) is 3.79. The molecule has 110 valence electrons. The first-order chi connectivity index (χ1) is 9.81. The zero-order chi connectivity index (χ0) is 15.9. The molecular weight excluding hydrogens is 285 g/mol. The van der Waals surface area contributed by atoms with Crippen molar-refractivity contribution in [2.75, 3.05) is 6.61 Å². The number of aliphatic hydroxyl groups is 1. The number of hydrogen-bond acceptors (Lipinski definition) is 3. The van der Waals surface area contributed by atoms with E-state index in [0.717, 1.165) is 0 Å². The van der Waals surface area contributed by atoms with E-state index in [1.807, 2.05) is 5.92 Å². The van der Waals surface area contributed by atoms with Gasteiger partial charge < -0.3 is 9.84 Å². The lowest BCUT2D eigenvalue weighted by Gasteiger charge is -2.22. The van der Waals surface area contributed by atoms with Gasteiger partial charge in [0.15, 0.2) is 0 Å². The van der Waals surface area contributed by atoms with Crippen LogP contribution in [-0.2, 0) is 9.53 Å². The quantitative estimate of drug-likeness (QED) is 0.670. The fourth-order valence-electron chi connectivity index (χ4n) is 1.22. The predicted octanol–water partition coefficient (Wildman–Crippen LogP) is 1.90. The molecule has 0 saturated heterocycles. The lowest BCUT2D eigenvalue weighted by atomic mass is 10.1. The maximum Gasteiger partial charge on any atom is 0.440 e. The Labute approximate surface area is 119 Å². The Bertz CT molecular complexity index is 615. The number of benzene rings is 1. The van der Waals surface area contributed by atoms with E-state index in [1.165, 1.54) is 12.8 Å². The highest BCUT2D eigenvalue weighted by atomic mass is 19.4. The van der Waals surface area contributed by atoms with E-state index >= 15 is 0 Å². The second-order valence-electron chi connectivity index (χ2n) is 3.79. The SMILES string of the molecule is CCOC(=O)[C@](O)(C#CC#Cc1ccccc1)C(F)(F)F. The Hall–Kier alpha value is -2.44. The van der Waals surface area contributed by atoms with Gasteiger partial charge in [0, 0.05) is 5.56 Å². The number of halogens is 3. The highest BCUT2D eigenvalue weighted by Crippen LogP contribution is 2.31. The summed E-state index contributed by atoms with van der Waals surface area (Å²) in [7, 11) is 0. The van der Waals surface area contributed by atoms with Crippen LogP contribution in [0.25, 0.3) is 0 Å². The van der Waals surface area contributed by atoms with Gasteiger partial charge in [-0.1, -0.05) is 24.1 Å². The molecule has 1 rings (SSSR count). The highest BCUT2D eigenvalue weighted by Gasteiger charge is 2.60. The van der Waals surface area contributed by atoms with E-state index in [1.54, 1.807) is 30.3 Å². The molecule has 0 fully saturated rings. The van der Waals surface area contributed by atoms with Gasteiger partial charge in [0.2, 0.25) is 0 Å². The van der Waals surface area contributed by atoms with Gasteiger partial charge >= 0.3 is 17.7 Å². The molecule has 0 aromatic heterocycles. The zero-order valence-corrected chi connectivity index (χ0v) is 11.0. The minimum absolute atomic E-state index is 0.311. The summed E-state index contributed by atoms with van der Waals surface area (Å²) in [6.45, 7) is 1.01. The van der Waals surface area contributed by atoms with E-state index in [0.29, 0.717) is 5.56 Å². The van der Waals surface area contributed by atoms with Gasteiger partial charge in [-0.15, -0.1) is 0 Å². The lowest BCUT2D eigenvalue weighted by molar-refractivity contribution is -0.242. The number of carbonyl (C=O) groups excluding carboxylic acids is 1. The molecule has 0 bridgehead atoms. The third-order valence-electron chi connectivity index (χ3n) is 2.27. The van der Waals surface area contributed by atoms with E-state index in [-0.39, 0.29) is 6.61 Å². The second kappa shape index (κ2) is 6.83. The van der Waals surface area contributed by atoms with Crippen LogP contribution in [-0.4, -0.2) is 29.5 Å². The van der Waals surface area contributed by atoms with Crippen molar-refractivity contribution in [1.29, 1.82) is 0 Å². The fourth-order valence-corrected chi connectivity index (χ4v) is 1.22. The molecule has 0 saturated carbocycles. The Morgan fingerprint density at radius 3 is 2.38 bits per heavy atom. The maximum atomic E-state index is 12.7. The molecular formula is C15H11F3O3. The molecule has 3 nitrogen and oxygen atoms in total. The van der Waals surface area contributed by atoms with Crippen LogP contribution in [0.5, 0.6) is 0 Å². The predicted molar refractivity (Wildman–Crippen MR) is 68.7 cm³/mol. The molecule has 0 aliphatic carbocycles. The van der Waals surface area contributed by atoms with Crippen LogP contribution in [0.2, 0.25) is 0 Å². The lowest BCUT2D eigenvalue weighted by Crippen LogP contribution is -2.51. The monoisotopic (exact) mass is 296 g/mol. The molecule has 0 aliphatic rings. The first kappa shape index (κ1) is 16.6. The molecule has 1 N–H and O–H groups in total. The van der Waals surface area contributed by atoms with Gasteiger partial charge in [0.25, 0.3) is 0 Å². The van der Waals surface area contributed by atoms with Gasteiger partial charge in [-0.05, 0) is 36.8 Å². The van der Waals surface area contributed by atoms with Crippen molar-refractivity contribution in [2.24, 2.45) is 0 Å². The Balaban J connectivity index is 3.03. The van der Waals surface area contributed by atoms with Crippen molar-refractivity contribution in [1.82, 2.24) is 0 Å². The smallest absolute Gasteiger partial charge is 0.440 e. The third kappa shape index (κ3) is 4.27. The maximum absolute atomic E-state index is 12.7. The Morgan fingerprint density at radius 1 is 1.24 bits per heavy atom. The first-order valence-corrected chi connectivity index (χ1v) is 5.86. The Kier molecular flexibility index (Phi) is 5.40. The van der Waals surface area contributed by atoms with Gasteiger partial charge in [-0.3, -0.25) is 0 Å². The third-order valence-corrected chi connectivity index (χ3v) is 2.27. The van der Waals surface area contributed by atoms with Crippen molar-refractivity contribution < 1.29 is 27.8 Å². The summed E-state index contributed by atoms with van der Waals surface area (Å²) in [4.78, 5) is 11.2. The highest BCUT2D eigenvalue weighted by molar-refractivity contribution is 5.84. The number of esters is 1. The average molecular weight is 296 g/mol. The minimum atomic E-state index is -5.28. The van der Waals surface area contributed by atoms with Crippen molar-refractivity contribution in [3.8, 4) is 23.7 Å². The molecule has 0 spiro atoms. The van der Waals surface area contributed by atoms with E-state index in [2.05, 4.69) is 16.6 Å². The van der Waals surface area contributed by atoms with Crippen LogP contribution >= 0.6 is 0 Å². The molecule has 21 heavy (non-hydrogen) atoms. The summed E-state index contributed by atoms with van der Waals surface area (Å²) >= 11 is 0. The van der Waals surface area contributed by atoms with Crippen LogP contribution < -0.4 is 0 Å². The van der Waals surface area contributed by atoms with Crippen LogP contribution in [0.4, 0.5) is 13.2 Å². The van der Waals surface area contributed by atoms with E-state index < -0.39 is 17.7 Å². The summed E-state index contributed by atoms with van der Waals surface area (Å²) in [5.74, 6) is 6.03. The van der Waals surface area contributed by atoms with Gasteiger partial charge in [0.1, 0.15) is 0 Å². The molecule has 0 radical (unpaired) electrons. The van der Waals surface area contributed by atoms with Crippen LogP contribution in [0.3, 0.4) is 0 Å². The van der Waals surface area contributed by atoms with Gasteiger partial charge in [0.05, 0.1) is 6.61 Å². The van der Waals surface area contributed by atoms with Crippen LogP contribution in [0.1, 0.15) is 12.5 Å².